The third-order valence-electron chi connectivity index (χ3n) is 1.85. The number of alkyl halides is 1. The zero-order chi connectivity index (χ0) is 10.0. The molecule has 1 saturated carbocycles. The van der Waals surface area contributed by atoms with E-state index >= 15 is 0 Å². The summed E-state index contributed by atoms with van der Waals surface area (Å²) in [7, 11) is 1.07. The Kier molecular flexibility index (Phi) is 3.03. The number of ketones is 2. The van der Waals surface area contributed by atoms with Gasteiger partial charge in [-0.2, -0.15) is 0 Å². The molecule has 0 heterocycles. The molecule has 0 aliphatic heterocycles. The second-order valence-electron chi connectivity index (χ2n) is 2.90. The molecule has 0 aromatic heterocycles. The third kappa shape index (κ3) is 2.28. The van der Waals surface area contributed by atoms with Crippen molar-refractivity contribution in [1.29, 1.82) is 0 Å². The summed E-state index contributed by atoms with van der Waals surface area (Å²) < 4.78 is 4.16. The normalized spacial score (nSPS) is 17.7. The summed E-state index contributed by atoms with van der Waals surface area (Å²) >= 11 is 5.49. The SMILES string of the molecule is COC(=O)C(=O)C(Cl)C(=O)C1CC1. The van der Waals surface area contributed by atoms with Crippen LogP contribution in [0.4, 0.5) is 0 Å². The van der Waals surface area contributed by atoms with Gasteiger partial charge in [0.2, 0.25) is 0 Å². The Morgan fingerprint density at radius 3 is 2.31 bits per heavy atom. The maximum absolute atomic E-state index is 11.2. The molecule has 1 unspecified atom stereocenters. The van der Waals surface area contributed by atoms with E-state index in [9.17, 15) is 14.4 Å². The van der Waals surface area contributed by atoms with Gasteiger partial charge in [-0.3, -0.25) is 9.59 Å². The molecule has 0 radical (unpaired) electrons. The van der Waals surface area contributed by atoms with Crippen LogP contribution in [0, 0.1) is 5.92 Å². The molecule has 1 rings (SSSR count). The lowest BCUT2D eigenvalue weighted by molar-refractivity contribution is -0.152. The van der Waals surface area contributed by atoms with Crippen molar-refractivity contribution in [3.63, 3.8) is 0 Å². The maximum Gasteiger partial charge on any atom is 0.376 e. The van der Waals surface area contributed by atoms with E-state index in [0.717, 1.165) is 20.0 Å². The Morgan fingerprint density at radius 1 is 1.38 bits per heavy atom. The Labute approximate surface area is 80.2 Å². The van der Waals surface area contributed by atoms with Gasteiger partial charge in [-0.1, -0.05) is 0 Å². The molecule has 0 spiro atoms. The van der Waals surface area contributed by atoms with E-state index in [0.29, 0.717) is 0 Å². The summed E-state index contributed by atoms with van der Waals surface area (Å²) in [5, 5.41) is -1.36. The molecular formula is C8H9ClO4. The Bertz CT molecular complexity index is 257. The first kappa shape index (κ1) is 10.2. The van der Waals surface area contributed by atoms with Crippen molar-refractivity contribution < 1.29 is 19.1 Å². The van der Waals surface area contributed by atoms with Crippen LogP contribution >= 0.6 is 11.6 Å². The highest BCUT2D eigenvalue weighted by atomic mass is 35.5. The van der Waals surface area contributed by atoms with Crippen LogP contribution in [0.5, 0.6) is 0 Å². The number of methoxy groups -OCH3 is 1. The highest BCUT2D eigenvalue weighted by Gasteiger charge is 2.39. The van der Waals surface area contributed by atoms with E-state index in [4.69, 9.17) is 11.6 Å². The minimum Gasteiger partial charge on any atom is -0.463 e. The van der Waals surface area contributed by atoms with Gasteiger partial charge in [0, 0.05) is 5.92 Å². The van der Waals surface area contributed by atoms with Crippen LogP contribution in [0.3, 0.4) is 0 Å². The fourth-order valence-corrected chi connectivity index (χ4v) is 1.18. The lowest BCUT2D eigenvalue weighted by atomic mass is 10.1. The number of hydrogen-bond donors (Lipinski definition) is 0. The molecule has 0 N–H and O–H groups in total. The molecule has 0 aromatic rings. The van der Waals surface area contributed by atoms with Gasteiger partial charge in [-0.25, -0.2) is 4.79 Å². The molecule has 1 fully saturated rings. The molecule has 0 aromatic carbocycles. The van der Waals surface area contributed by atoms with Gasteiger partial charge < -0.3 is 4.74 Å². The zero-order valence-corrected chi connectivity index (χ0v) is 7.84. The summed E-state index contributed by atoms with van der Waals surface area (Å²) in [5.74, 6) is -2.52. The van der Waals surface area contributed by atoms with Gasteiger partial charge in [0.15, 0.2) is 11.2 Å². The average molecular weight is 205 g/mol. The second kappa shape index (κ2) is 3.87. The van der Waals surface area contributed by atoms with Crippen molar-refractivity contribution in [3.05, 3.63) is 0 Å². The highest BCUT2D eigenvalue weighted by Crippen LogP contribution is 2.32. The number of esters is 1. The molecule has 5 heteroatoms. The van der Waals surface area contributed by atoms with Crippen molar-refractivity contribution in [2.24, 2.45) is 5.92 Å². The molecule has 0 bridgehead atoms. The number of carbonyl (C=O) groups is 3. The first-order valence-corrected chi connectivity index (χ1v) is 4.31. The van der Waals surface area contributed by atoms with E-state index in [1.807, 2.05) is 0 Å². The van der Waals surface area contributed by atoms with Gasteiger partial charge >= 0.3 is 5.97 Å². The molecule has 13 heavy (non-hydrogen) atoms. The largest absolute Gasteiger partial charge is 0.463 e. The van der Waals surface area contributed by atoms with Gasteiger partial charge in [0.25, 0.3) is 5.78 Å². The predicted molar refractivity (Wildman–Crippen MR) is 44.4 cm³/mol. The van der Waals surface area contributed by atoms with Crippen molar-refractivity contribution in [2.45, 2.75) is 18.2 Å². The van der Waals surface area contributed by atoms with Crippen LogP contribution in [0.2, 0.25) is 0 Å². The summed E-state index contributed by atoms with van der Waals surface area (Å²) in [6.45, 7) is 0. The molecule has 1 aliphatic rings. The monoisotopic (exact) mass is 204 g/mol. The van der Waals surface area contributed by atoms with Gasteiger partial charge in [-0.05, 0) is 12.8 Å². The third-order valence-corrected chi connectivity index (χ3v) is 2.26. The molecule has 1 aliphatic carbocycles. The molecule has 0 saturated heterocycles. The average Bonchev–Trinajstić information content (AvgIpc) is 2.96. The number of ether oxygens (including phenoxy) is 1. The van der Waals surface area contributed by atoms with Crippen LogP contribution in [-0.2, 0) is 19.1 Å². The minimum atomic E-state index is -1.36. The highest BCUT2D eigenvalue weighted by molar-refractivity contribution is 6.54. The lowest BCUT2D eigenvalue weighted by Crippen LogP contribution is -2.32. The van der Waals surface area contributed by atoms with Crippen molar-refractivity contribution in [3.8, 4) is 0 Å². The molecule has 0 amide bonds. The first-order chi connectivity index (χ1) is 6.07. The fraction of sp³-hybridized carbons (Fsp3) is 0.625. The molecule has 1 atom stereocenters. The standard InChI is InChI=1S/C8H9ClO4/c1-13-8(12)7(11)5(9)6(10)4-2-3-4/h4-5H,2-3H2,1H3. The first-order valence-electron chi connectivity index (χ1n) is 3.88. The number of Topliss-reactive ketones (excluding diaryl/α,β-unsaturated/α-hetero) is 2. The molecule has 4 nitrogen and oxygen atoms in total. The van der Waals surface area contributed by atoms with E-state index < -0.39 is 17.1 Å². The quantitative estimate of drug-likeness (QED) is 0.286. The number of rotatable bonds is 4. The minimum absolute atomic E-state index is 0.129. The van der Waals surface area contributed by atoms with Crippen LogP contribution in [0.15, 0.2) is 0 Å². The lowest BCUT2D eigenvalue weighted by Gasteiger charge is -2.03. The van der Waals surface area contributed by atoms with Crippen LogP contribution in [-0.4, -0.2) is 30.0 Å². The summed E-state index contributed by atoms with van der Waals surface area (Å²) in [6.07, 6.45) is 1.52. The van der Waals surface area contributed by atoms with Gasteiger partial charge in [-0.15, -0.1) is 11.6 Å². The smallest absolute Gasteiger partial charge is 0.376 e. The fourth-order valence-electron chi connectivity index (χ4n) is 0.908. The van der Waals surface area contributed by atoms with E-state index in [1.165, 1.54) is 0 Å². The summed E-state index contributed by atoms with van der Waals surface area (Å²) in [6, 6.07) is 0. The van der Waals surface area contributed by atoms with Crippen LogP contribution in [0.1, 0.15) is 12.8 Å². The summed E-state index contributed by atoms with van der Waals surface area (Å²) in [4.78, 5) is 32.9. The van der Waals surface area contributed by atoms with Crippen molar-refractivity contribution >= 4 is 29.1 Å². The topological polar surface area (TPSA) is 60.4 Å². The Hall–Kier alpha value is -0.900. The van der Waals surface area contributed by atoms with Crippen molar-refractivity contribution in [1.82, 2.24) is 0 Å². The van der Waals surface area contributed by atoms with E-state index in [-0.39, 0.29) is 11.7 Å². The molecular weight excluding hydrogens is 196 g/mol. The second-order valence-corrected chi connectivity index (χ2v) is 3.33. The van der Waals surface area contributed by atoms with Gasteiger partial charge in [0.1, 0.15) is 0 Å². The Morgan fingerprint density at radius 2 is 1.92 bits per heavy atom. The molecule has 72 valence electrons. The van der Waals surface area contributed by atoms with Gasteiger partial charge in [0.05, 0.1) is 7.11 Å². The van der Waals surface area contributed by atoms with Crippen LogP contribution in [0.25, 0.3) is 0 Å². The zero-order valence-electron chi connectivity index (χ0n) is 7.08. The number of carbonyl (C=O) groups excluding carboxylic acids is 3. The van der Waals surface area contributed by atoms with Crippen LogP contribution < -0.4 is 0 Å². The predicted octanol–water partition coefficient (Wildman–Crippen LogP) is 0.315. The number of halogens is 1. The summed E-state index contributed by atoms with van der Waals surface area (Å²) in [5.41, 5.74) is 0. The maximum atomic E-state index is 11.2. The number of hydrogen-bond acceptors (Lipinski definition) is 4. The van der Waals surface area contributed by atoms with Crippen molar-refractivity contribution in [2.75, 3.05) is 7.11 Å². The Balaban J connectivity index is 2.55. The van der Waals surface area contributed by atoms with E-state index in [1.54, 1.807) is 0 Å². The van der Waals surface area contributed by atoms with E-state index in [2.05, 4.69) is 4.74 Å².